The number of hydrogen-bond donors (Lipinski definition) is 1. The van der Waals surface area contributed by atoms with E-state index in [0.29, 0.717) is 36.3 Å². The van der Waals surface area contributed by atoms with Crippen molar-refractivity contribution in [2.75, 3.05) is 20.2 Å². The number of rotatable bonds is 5. The Balaban J connectivity index is 1.80. The fourth-order valence-corrected chi connectivity index (χ4v) is 3.88. The molecule has 0 bridgehead atoms. The predicted molar refractivity (Wildman–Crippen MR) is 104 cm³/mol. The molecule has 1 aromatic carbocycles. The van der Waals surface area contributed by atoms with E-state index in [1.54, 1.807) is 12.0 Å². The molecule has 2 aromatic rings. The van der Waals surface area contributed by atoms with Crippen molar-refractivity contribution in [3.05, 3.63) is 39.2 Å². The number of ether oxygens (including phenoxy) is 1. The van der Waals surface area contributed by atoms with Gasteiger partial charge in [0, 0.05) is 36.0 Å². The highest BCUT2D eigenvalue weighted by Gasteiger charge is 2.28. The van der Waals surface area contributed by atoms with Gasteiger partial charge in [0.2, 0.25) is 5.91 Å². The number of amides is 1. The van der Waals surface area contributed by atoms with Crippen molar-refractivity contribution in [1.29, 1.82) is 0 Å². The molecule has 0 radical (unpaired) electrons. The zero-order valence-corrected chi connectivity index (χ0v) is 16.4. The van der Waals surface area contributed by atoms with Gasteiger partial charge in [0.25, 0.3) is 0 Å². The van der Waals surface area contributed by atoms with Crippen LogP contribution in [0.5, 0.6) is 5.75 Å². The van der Waals surface area contributed by atoms with Gasteiger partial charge in [-0.1, -0.05) is 0 Å². The lowest BCUT2D eigenvalue weighted by atomic mass is 9.97. The molecule has 0 aliphatic carbocycles. The maximum Gasteiger partial charge on any atom is 0.339 e. The Morgan fingerprint density at radius 3 is 2.71 bits per heavy atom. The molecule has 7 heteroatoms. The van der Waals surface area contributed by atoms with Gasteiger partial charge in [-0.2, -0.15) is 0 Å². The third-order valence-corrected chi connectivity index (χ3v) is 5.59. The Labute approximate surface area is 162 Å². The summed E-state index contributed by atoms with van der Waals surface area (Å²) in [6.07, 6.45) is 1.69. The minimum Gasteiger partial charge on any atom is -0.496 e. The Kier molecular flexibility index (Phi) is 5.72. The van der Waals surface area contributed by atoms with Crippen LogP contribution in [0.25, 0.3) is 11.0 Å². The molecule has 7 nitrogen and oxygen atoms in total. The molecule has 0 spiro atoms. The molecular formula is C21H25NO6. The van der Waals surface area contributed by atoms with Crippen molar-refractivity contribution in [2.45, 2.75) is 39.5 Å². The SMILES string of the molecule is COc1ccc2c(C)c(CCC(=O)N3CCC[C@@H](C(=O)O)C3)c(=O)oc2c1C. The van der Waals surface area contributed by atoms with E-state index in [2.05, 4.69) is 0 Å². The van der Waals surface area contributed by atoms with Crippen molar-refractivity contribution >= 4 is 22.8 Å². The van der Waals surface area contributed by atoms with Gasteiger partial charge in [-0.15, -0.1) is 0 Å². The minimum absolute atomic E-state index is 0.129. The van der Waals surface area contributed by atoms with Crippen molar-refractivity contribution in [3.8, 4) is 5.75 Å². The first-order valence-electron chi connectivity index (χ1n) is 9.44. The molecule has 1 amide bonds. The van der Waals surface area contributed by atoms with Gasteiger partial charge in [0.1, 0.15) is 11.3 Å². The van der Waals surface area contributed by atoms with E-state index >= 15 is 0 Å². The number of hydrogen-bond acceptors (Lipinski definition) is 5. The second kappa shape index (κ2) is 8.04. The molecule has 28 heavy (non-hydrogen) atoms. The second-order valence-electron chi connectivity index (χ2n) is 7.28. The highest BCUT2D eigenvalue weighted by molar-refractivity contribution is 5.86. The van der Waals surface area contributed by atoms with Crippen LogP contribution in [-0.2, 0) is 16.0 Å². The zero-order valence-electron chi connectivity index (χ0n) is 16.4. The summed E-state index contributed by atoms with van der Waals surface area (Å²) in [5, 5.41) is 10.0. The minimum atomic E-state index is -0.866. The molecule has 2 heterocycles. The molecule has 1 aliphatic rings. The maximum atomic E-state index is 12.5. The Hall–Kier alpha value is -2.83. The quantitative estimate of drug-likeness (QED) is 0.792. The third kappa shape index (κ3) is 3.74. The van der Waals surface area contributed by atoms with E-state index in [1.165, 1.54) is 0 Å². The molecule has 1 saturated heterocycles. The number of carbonyl (C=O) groups excluding carboxylic acids is 1. The van der Waals surface area contributed by atoms with Crippen molar-refractivity contribution in [2.24, 2.45) is 5.92 Å². The van der Waals surface area contributed by atoms with Gasteiger partial charge >= 0.3 is 11.6 Å². The van der Waals surface area contributed by atoms with Gasteiger partial charge in [-0.05, 0) is 50.8 Å². The number of carbonyl (C=O) groups is 2. The van der Waals surface area contributed by atoms with Crippen LogP contribution in [0.15, 0.2) is 21.3 Å². The lowest BCUT2D eigenvalue weighted by Crippen LogP contribution is -2.42. The summed E-state index contributed by atoms with van der Waals surface area (Å²) in [4.78, 5) is 37.9. The van der Waals surface area contributed by atoms with Crippen LogP contribution >= 0.6 is 0 Å². The van der Waals surface area contributed by atoms with Crippen LogP contribution in [-0.4, -0.2) is 42.1 Å². The van der Waals surface area contributed by atoms with E-state index in [1.807, 2.05) is 26.0 Å². The first-order valence-corrected chi connectivity index (χ1v) is 9.44. The summed E-state index contributed by atoms with van der Waals surface area (Å²) >= 11 is 0. The smallest absolute Gasteiger partial charge is 0.339 e. The number of likely N-dealkylation sites (tertiary alicyclic amines) is 1. The zero-order chi connectivity index (χ0) is 20.4. The molecule has 1 aliphatic heterocycles. The van der Waals surface area contributed by atoms with Gasteiger partial charge in [0.05, 0.1) is 13.0 Å². The van der Waals surface area contributed by atoms with E-state index in [0.717, 1.165) is 16.5 Å². The number of aryl methyl sites for hydroxylation is 2. The monoisotopic (exact) mass is 387 g/mol. The molecule has 1 aromatic heterocycles. The van der Waals surface area contributed by atoms with Crippen molar-refractivity contribution in [1.82, 2.24) is 4.90 Å². The number of aliphatic carboxylic acids is 1. The van der Waals surface area contributed by atoms with E-state index in [9.17, 15) is 19.5 Å². The molecule has 1 atom stereocenters. The lowest BCUT2D eigenvalue weighted by Gasteiger charge is -2.30. The predicted octanol–water partition coefficient (Wildman–Crippen LogP) is 2.67. The van der Waals surface area contributed by atoms with Gasteiger partial charge in [0.15, 0.2) is 0 Å². The molecular weight excluding hydrogens is 362 g/mol. The fourth-order valence-electron chi connectivity index (χ4n) is 3.88. The van der Waals surface area contributed by atoms with E-state index in [-0.39, 0.29) is 25.3 Å². The number of methoxy groups -OCH3 is 1. The largest absolute Gasteiger partial charge is 0.496 e. The fraction of sp³-hybridized carbons (Fsp3) is 0.476. The second-order valence-corrected chi connectivity index (χ2v) is 7.28. The molecule has 0 unspecified atom stereocenters. The van der Waals surface area contributed by atoms with Crippen LogP contribution < -0.4 is 10.4 Å². The van der Waals surface area contributed by atoms with Crippen LogP contribution in [0.1, 0.15) is 36.0 Å². The summed E-state index contributed by atoms with van der Waals surface area (Å²) in [5.41, 5.74) is 2.09. The van der Waals surface area contributed by atoms with Crippen LogP contribution in [0.3, 0.4) is 0 Å². The molecule has 1 fully saturated rings. The Morgan fingerprint density at radius 2 is 2.04 bits per heavy atom. The van der Waals surface area contributed by atoms with Gasteiger partial charge in [-0.25, -0.2) is 4.79 Å². The summed E-state index contributed by atoms with van der Waals surface area (Å²) in [6.45, 7) is 4.49. The number of piperidine rings is 1. The first kappa shape index (κ1) is 19.9. The molecule has 150 valence electrons. The topological polar surface area (TPSA) is 97.0 Å². The summed E-state index contributed by atoms with van der Waals surface area (Å²) in [7, 11) is 1.56. The highest BCUT2D eigenvalue weighted by Crippen LogP contribution is 2.29. The van der Waals surface area contributed by atoms with Crippen LogP contribution in [0.2, 0.25) is 0 Å². The lowest BCUT2D eigenvalue weighted by molar-refractivity contribution is -0.145. The molecule has 0 saturated carbocycles. The number of benzene rings is 1. The third-order valence-electron chi connectivity index (χ3n) is 5.59. The summed E-state index contributed by atoms with van der Waals surface area (Å²) in [5.74, 6) is -0.857. The van der Waals surface area contributed by atoms with Crippen molar-refractivity contribution in [3.63, 3.8) is 0 Å². The average molecular weight is 387 g/mol. The summed E-state index contributed by atoms with van der Waals surface area (Å²) < 4.78 is 10.8. The Morgan fingerprint density at radius 1 is 1.29 bits per heavy atom. The van der Waals surface area contributed by atoms with Crippen LogP contribution in [0.4, 0.5) is 0 Å². The number of nitrogens with zero attached hydrogens (tertiary/aromatic N) is 1. The number of carboxylic acid groups (broad SMARTS) is 1. The highest BCUT2D eigenvalue weighted by atomic mass is 16.5. The number of fused-ring (bicyclic) bond motifs is 1. The Bertz CT molecular complexity index is 977. The van der Waals surface area contributed by atoms with Crippen molar-refractivity contribution < 1.29 is 23.8 Å². The normalized spacial score (nSPS) is 17.0. The average Bonchev–Trinajstić information content (AvgIpc) is 2.68. The standard InChI is InChI=1S/C21H25NO6/c1-12-15-6-8-17(27-3)13(2)19(15)28-21(26)16(12)7-9-18(23)22-10-4-5-14(11-22)20(24)25/h6,8,14H,4-5,7,9-11H2,1-3H3,(H,24,25)/t14-/m1/s1. The molecule has 1 N–H and O–H groups in total. The molecule has 3 rings (SSSR count). The first-order chi connectivity index (χ1) is 13.3. The van der Waals surface area contributed by atoms with Gasteiger partial charge < -0.3 is 19.2 Å². The summed E-state index contributed by atoms with van der Waals surface area (Å²) in [6, 6.07) is 3.69. The number of carboxylic acids is 1. The van der Waals surface area contributed by atoms with Gasteiger partial charge in [-0.3, -0.25) is 9.59 Å². The van der Waals surface area contributed by atoms with E-state index < -0.39 is 17.5 Å². The van der Waals surface area contributed by atoms with E-state index in [4.69, 9.17) is 9.15 Å². The van der Waals surface area contributed by atoms with Crippen LogP contribution in [0, 0.1) is 19.8 Å². The maximum absolute atomic E-state index is 12.5.